The van der Waals surface area contributed by atoms with Crippen LogP contribution in [-0.4, -0.2) is 35.2 Å². The summed E-state index contributed by atoms with van der Waals surface area (Å²) in [4.78, 5) is 24.8. The minimum Gasteiger partial charge on any atom is -0.496 e. The molecule has 1 heterocycles. The van der Waals surface area contributed by atoms with E-state index in [4.69, 9.17) is 4.74 Å². The Hall–Kier alpha value is -2.96. The van der Waals surface area contributed by atoms with Gasteiger partial charge >= 0.3 is 0 Å². The normalized spacial score (nSPS) is 19.4. The number of para-hydroxylation sites is 1. The lowest BCUT2D eigenvalue weighted by molar-refractivity contribution is -0.120. The standard InChI is InChI=1S/C19H22N4O3/c1-26-17-5-3-2-4-16(17)19(25)22-14-8-6-13(7-9-14)18(24)23-15-10-11-20-21-12-15/h2-5,10-14H,6-9H2,1H3,(H,22,25)(H,20,23,24). The van der Waals surface area contributed by atoms with Gasteiger partial charge in [-0.15, -0.1) is 0 Å². The monoisotopic (exact) mass is 354 g/mol. The summed E-state index contributed by atoms with van der Waals surface area (Å²) in [6.07, 6.45) is 6.08. The molecule has 0 atom stereocenters. The first-order valence-corrected chi connectivity index (χ1v) is 8.69. The van der Waals surface area contributed by atoms with Crippen molar-refractivity contribution in [1.29, 1.82) is 0 Å². The van der Waals surface area contributed by atoms with Crippen molar-refractivity contribution in [3.8, 4) is 5.75 Å². The fraction of sp³-hybridized carbons (Fsp3) is 0.368. The van der Waals surface area contributed by atoms with Gasteiger partial charge in [-0.1, -0.05) is 12.1 Å². The predicted molar refractivity (Wildman–Crippen MR) is 96.9 cm³/mol. The lowest BCUT2D eigenvalue weighted by Gasteiger charge is -2.28. The Morgan fingerprint density at radius 1 is 1.08 bits per heavy atom. The van der Waals surface area contributed by atoms with Crippen LogP contribution in [0.15, 0.2) is 42.7 Å². The first-order valence-electron chi connectivity index (χ1n) is 8.69. The molecule has 2 aromatic rings. The summed E-state index contributed by atoms with van der Waals surface area (Å²) in [5, 5.41) is 13.4. The molecular weight excluding hydrogens is 332 g/mol. The summed E-state index contributed by atoms with van der Waals surface area (Å²) in [5.74, 6) is 0.359. The first-order chi connectivity index (χ1) is 12.7. The van der Waals surface area contributed by atoms with Crippen molar-refractivity contribution in [2.45, 2.75) is 31.7 Å². The van der Waals surface area contributed by atoms with Crippen molar-refractivity contribution < 1.29 is 14.3 Å². The molecule has 0 bridgehead atoms. The van der Waals surface area contributed by atoms with E-state index in [1.165, 1.54) is 6.20 Å². The predicted octanol–water partition coefficient (Wildman–Crippen LogP) is 2.41. The molecule has 0 unspecified atom stereocenters. The molecule has 1 aromatic carbocycles. The molecule has 3 rings (SSSR count). The second-order valence-corrected chi connectivity index (χ2v) is 6.34. The average Bonchev–Trinajstić information content (AvgIpc) is 2.69. The number of methoxy groups -OCH3 is 1. The van der Waals surface area contributed by atoms with Gasteiger partial charge in [-0.25, -0.2) is 0 Å². The Bertz CT molecular complexity index is 758. The largest absolute Gasteiger partial charge is 0.496 e. The fourth-order valence-electron chi connectivity index (χ4n) is 3.20. The van der Waals surface area contributed by atoms with Gasteiger partial charge in [0.15, 0.2) is 0 Å². The van der Waals surface area contributed by atoms with E-state index in [-0.39, 0.29) is 23.8 Å². The Morgan fingerprint density at radius 2 is 1.85 bits per heavy atom. The smallest absolute Gasteiger partial charge is 0.255 e. The topological polar surface area (TPSA) is 93.2 Å². The molecule has 0 saturated heterocycles. The van der Waals surface area contributed by atoms with Crippen LogP contribution in [0.25, 0.3) is 0 Å². The van der Waals surface area contributed by atoms with Gasteiger partial charge < -0.3 is 15.4 Å². The number of rotatable bonds is 5. The zero-order chi connectivity index (χ0) is 18.4. The highest BCUT2D eigenvalue weighted by Gasteiger charge is 2.27. The number of carbonyl (C=O) groups excluding carboxylic acids is 2. The van der Waals surface area contributed by atoms with Gasteiger partial charge in [0.2, 0.25) is 5.91 Å². The van der Waals surface area contributed by atoms with Crippen LogP contribution in [-0.2, 0) is 4.79 Å². The molecule has 136 valence electrons. The second kappa shape index (κ2) is 8.42. The number of amides is 2. The van der Waals surface area contributed by atoms with Gasteiger partial charge in [-0.3, -0.25) is 9.59 Å². The van der Waals surface area contributed by atoms with Crippen LogP contribution in [0.1, 0.15) is 36.0 Å². The van der Waals surface area contributed by atoms with Crippen LogP contribution >= 0.6 is 0 Å². The highest BCUT2D eigenvalue weighted by molar-refractivity contribution is 5.97. The molecule has 7 heteroatoms. The van der Waals surface area contributed by atoms with Crippen LogP contribution in [0.4, 0.5) is 5.69 Å². The third-order valence-corrected chi connectivity index (χ3v) is 4.64. The molecule has 26 heavy (non-hydrogen) atoms. The van der Waals surface area contributed by atoms with Gasteiger partial charge in [0.25, 0.3) is 5.91 Å². The average molecular weight is 354 g/mol. The van der Waals surface area contributed by atoms with E-state index >= 15 is 0 Å². The lowest BCUT2D eigenvalue weighted by atomic mass is 9.85. The highest BCUT2D eigenvalue weighted by atomic mass is 16.5. The van der Waals surface area contributed by atoms with Crippen LogP contribution in [0.3, 0.4) is 0 Å². The van der Waals surface area contributed by atoms with Crippen molar-refractivity contribution in [2.24, 2.45) is 5.92 Å². The fourth-order valence-corrected chi connectivity index (χ4v) is 3.20. The summed E-state index contributed by atoms with van der Waals surface area (Å²) < 4.78 is 5.24. The number of hydrogen-bond donors (Lipinski definition) is 2. The number of anilines is 1. The molecule has 2 N–H and O–H groups in total. The molecule has 1 aliphatic rings. The van der Waals surface area contributed by atoms with E-state index in [0.29, 0.717) is 17.0 Å². The molecule has 1 fully saturated rings. The number of carbonyl (C=O) groups is 2. The summed E-state index contributed by atoms with van der Waals surface area (Å²) >= 11 is 0. The van der Waals surface area contributed by atoms with Crippen molar-refractivity contribution in [3.05, 3.63) is 48.3 Å². The number of nitrogens with one attached hydrogen (secondary N) is 2. The van der Waals surface area contributed by atoms with Crippen molar-refractivity contribution >= 4 is 17.5 Å². The second-order valence-electron chi connectivity index (χ2n) is 6.34. The summed E-state index contributed by atoms with van der Waals surface area (Å²) in [6, 6.07) is 8.94. The van der Waals surface area contributed by atoms with E-state index in [9.17, 15) is 9.59 Å². The van der Waals surface area contributed by atoms with Gasteiger partial charge in [0.1, 0.15) is 5.75 Å². The first kappa shape index (κ1) is 17.8. The Morgan fingerprint density at radius 3 is 2.54 bits per heavy atom. The molecule has 1 aliphatic carbocycles. The van der Waals surface area contributed by atoms with Gasteiger partial charge in [0.05, 0.1) is 30.8 Å². The minimum atomic E-state index is -0.141. The number of nitrogens with zero attached hydrogens (tertiary/aromatic N) is 2. The molecule has 2 amide bonds. The summed E-state index contributed by atoms with van der Waals surface area (Å²) in [7, 11) is 1.55. The zero-order valence-corrected chi connectivity index (χ0v) is 14.6. The molecule has 0 spiro atoms. The van der Waals surface area contributed by atoms with E-state index < -0.39 is 0 Å². The van der Waals surface area contributed by atoms with Crippen LogP contribution in [0, 0.1) is 5.92 Å². The molecular formula is C19H22N4O3. The van der Waals surface area contributed by atoms with Crippen LogP contribution in [0.2, 0.25) is 0 Å². The van der Waals surface area contributed by atoms with Crippen molar-refractivity contribution in [3.63, 3.8) is 0 Å². The highest BCUT2D eigenvalue weighted by Crippen LogP contribution is 2.26. The van der Waals surface area contributed by atoms with E-state index in [1.807, 2.05) is 12.1 Å². The van der Waals surface area contributed by atoms with E-state index in [1.54, 1.807) is 31.5 Å². The Balaban J connectivity index is 1.50. The molecule has 1 aromatic heterocycles. The number of aromatic nitrogens is 2. The number of benzene rings is 1. The third-order valence-electron chi connectivity index (χ3n) is 4.64. The maximum absolute atomic E-state index is 12.5. The van der Waals surface area contributed by atoms with Gasteiger partial charge in [0, 0.05) is 12.0 Å². The van der Waals surface area contributed by atoms with Gasteiger partial charge in [-0.2, -0.15) is 10.2 Å². The van der Waals surface area contributed by atoms with Crippen molar-refractivity contribution in [2.75, 3.05) is 12.4 Å². The van der Waals surface area contributed by atoms with E-state index in [2.05, 4.69) is 20.8 Å². The van der Waals surface area contributed by atoms with Gasteiger partial charge in [-0.05, 0) is 43.9 Å². The number of ether oxygens (including phenoxy) is 1. The summed E-state index contributed by atoms with van der Waals surface area (Å²) in [6.45, 7) is 0. The third kappa shape index (κ3) is 4.36. The SMILES string of the molecule is COc1ccccc1C(=O)NC1CCC(C(=O)Nc2ccnnc2)CC1. The molecule has 0 radical (unpaired) electrons. The Labute approximate surface area is 152 Å². The summed E-state index contributed by atoms with van der Waals surface area (Å²) in [5.41, 5.74) is 1.18. The zero-order valence-electron chi connectivity index (χ0n) is 14.6. The lowest BCUT2D eigenvalue weighted by Crippen LogP contribution is -2.39. The minimum absolute atomic E-state index is 0.00694. The quantitative estimate of drug-likeness (QED) is 0.860. The molecule has 7 nitrogen and oxygen atoms in total. The van der Waals surface area contributed by atoms with Crippen LogP contribution < -0.4 is 15.4 Å². The maximum atomic E-state index is 12.5. The maximum Gasteiger partial charge on any atom is 0.255 e. The van der Waals surface area contributed by atoms with E-state index in [0.717, 1.165) is 25.7 Å². The molecule has 0 aliphatic heterocycles. The van der Waals surface area contributed by atoms with Crippen LogP contribution in [0.5, 0.6) is 5.75 Å². The Kier molecular flexibility index (Phi) is 5.78. The molecule has 1 saturated carbocycles. The van der Waals surface area contributed by atoms with Crippen molar-refractivity contribution in [1.82, 2.24) is 15.5 Å². The number of hydrogen-bond acceptors (Lipinski definition) is 5.